The second-order valence-electron chi connectivity index (χ2n) is 8.00. The molecule has 5 N–H and O–H groups in total. The summed E-state index contributed by atoms with van der Waals surface area (Å²) in [7, 11) is -3.97. The number of aryl methyl sites for hydroxylation is 1. The fraction of sp³-hybridized carbons (Fsp3) is 0.160. The van der Waals surface area contributed by atoms with Crippen molar-refractivity contribution in [1.29, 1.82) is 0 Å². The lowest BCUT2D eigenvalue weighted by atomic mass is 10.1. The molecule has 10 nitrogen and oxygen atoms in total. The number of nitrogens with one attached hydrogen (secondary N) is 3. The Morgan fingerprint density at radius 3 is 2.24 bits per heavy atom. The van der Waals surface area contributed by atoms with Crippen LogP contribution in [-0.4, -0.2) is 42.3 Å². The molecule has 1 unspecified atom stereocenters. The molecule has 0 bridgehead atoms. The largest absolute Gasteiger partial charge is 0.506 e. The number of oxime groups is 1. The molecule has 3 aromatic rings. The predicted molar refractivity (Wildman–Crippen MR) is 141 cm³/mol. The lowest BCUT2D eigenvalue weighted by Gasteiger charge is -2.18. The van der Waals surface area contributed by atoms with Crippen LogP contribution < -0.4 is 15.4 Å². The van der Waals surface area contributed by atoms with Gasteiger partial charge in [0, 0.05) is 11.6 Å². The van der Waals surface area contributed by atoms with Crippen molar-refractivity contribution in [2.45, 2.75) is 31.2 Å². The normalized spacial score (nSPS) is 12.6. The highest BCUT2D eigenvalue weighted by Crippen LogP contribution is 2.34. The summed E-state index contributed by atoms with van der Waals surface area (Å²) in [6.45, 7) is 3.46. The van der Waals surface area contributed by atoms with Crippen molar-refractivity contribution < 1.29 is 28.3 Å². The molecule has 3 aromatic carbocycles. The molecule has 0 fully saturated rings. The maximum Gasteiger partial charge on any atom is 0.278 e. The first kappa shape index (κ1) is 27.7. The molecule has 0 aliphatic carbocycles. The van der Waals surface area contributed by atoms with E-state index in [0.29, 0.717) is 5.56 Å². The molecule has 0 aliphatic rings. The van der Waals surface area contributed by atoms with E-state index in [0.717, 1.165) is 11.6 Å². The Balaban J connectivity index is 1.74. The van der Waals surface area contributed by atoms with Gasteiger partial charge in [-0.3, -0.25) is 9.59 Å². The topological polar surface area (TPSA) is 157 Å². The van der Waals surface area contributed by atoms with E-state index in [1.165, 1.54) is 18.2 Å². The number of amides is 2. The molecule has 194 valence electrons. The lowest BCUT2D eigenvalue weighted by Crippen LogP contribution is -2.43. The summed E-state index contributed by atoms with van der Waals surface area (Å²) in [5.74, 6) is -1.95. The highest BCUT2D eigenvalue weighted by molar-refractivity contribution is 7.89. The number of anilines is 2. The Morgan fingerprint density at radius 1 is 1.00 bits per heavy atom. The smallest absolute Gasteiger partial charge is 0.278 e. The molecule has 37 heavy (non-hydrogen) atoms. The van der Waals surface area contributed by atoms with Crippen molar-refractivity contribution in [2.75, 3.05) is 10.6 Å². The van der Waals surface area contributed by atoms with Gasteiger partial charge in [-0.05, 0) is 31.5 Å². The number of nitrogens with zero attached hydrogens (tertiary/aromatic N) is 1. The molecule has 0 aliphatic heterocycles. The van der Waals surface area contributed by atoms with Crippen LogP contribution >= 0.6 is 11.6 Å². The minimum atomic E-state index is -3.97. The summed E-state index contributed by atoms with van der Waals surface area (Å²) in [5.41, 5.74) is 0.833. The van der Waals surface area contributed by atoms with Gasteiger partial charge in [-0.1, -0.05) is 71.7 Å². The van der Waals surface area contributed by atoms with E-state index in [2.05, 4.69) is 20.5 Å². The Morgan fingerprint density at radius 2 is 1.65 bits per heavy atom. The van der Waals surface area contributed by atoms with Gasteiger partial charge in [-0.25, -0.2) is 8.42 Å². The zero-order chi connectivity index (χ0) is 27.2. The molecule has 0 saturated carbocycles. The average Bonchev–Trinajstić information content (AvgIpc) is 2.87. The number of phenols is 1. The van der Waals surface area contributed by atoms with Gasteiger partial charge >= 0.3 is 0 Å². The van der Waals surface area contributed by atoms with E-state index < -0.39 is 33.6 Å². The fourth-order valence-corrected chi connectivity index (χ4v) is 4.77. The molecule has 0 heterocycles. The monoisotopic (exact) mass is 544 g/mol. The molecule has 0 aromatic heterocycles. The van der Waals surface area contributed by atoms with Crippen LogP contribution in [0.15, 0.2) is 76.8 Å². The minimum absolute atomic E-state index is 0.00532. The Labute approximate surface area is 219 Å². The van der Waals surface area contributed by atoms with Gasteiger partial charge in [0.15, 0.2) is 5.71 Å². The first-order chi connectivity index (χ1) is 17.6. The maximum absolute atomic E-state index is 12.8. The van der Waals surface area contributed by atoms with Crippen LogP contribution in [0.2, 0.25) is 5.02 Å². The number of aromatic hydroxyl groups is 1. The van der Waals surface area contributed by atoms with Crippen LogP contribution in [0.1, 0.15) is 24.5 Å². The summed E-state index contributed by atoms with van der Waals surface area (Å²) in [6, 6.07) is 15.5. The molecule has 0 radical (unpaired) electrons. The first-order valence-corrected chi connectivity index (χ1v) is 12.9. The van der Waals surface area contributed by atoms with E-state index in [-0.39, 0.29) is 33.4 Å². The van der Waals surface area contributed by atoms with E-state index in [9.17, 15) is 28.3 Å². The Hall–Kier alpha value is -3.93. The van der Waals surface area contributed by atoms with Crippen molar-refractivity contribution in [3.8, 4) is 5.75 Å². The standard InChI is InChI=1S/C25H25ClN4O6S/c1-3-19(30-37(35,36)17-11-9-15(2)10-12-17)24(32)27-20-14-22(31)21(13-18(20)26)28-25(33)23(29-34)16-7-5-4-6-8-16/h4-14,19,30-31,34H,3H2,1-2H3,(H,27,32)(H,28,33). The van der Waals surface area contributed by atoms with Gasteiger partial charge in [-0.15, -0.1) is 0 Å². The third kappa shape index (κ3) is 6.85. The molecule has 0 saturated heterocycles. The summed E-state index contributed by atoms with van der Waals surface area (Å²) in [5, 5.41) is 27.6. The third-order valence-electron chi connectivity index (χ3n) is 5.31. The van der Waals surface area contributed by atoms with E-state index >= 15 is 0 Å². The van der Waals surface area contributed by atoms with Crippen molar-refractivity contribution in [3.63, 3.8) is 0 Å². The van der Waals surface area contributed by atoms with E-state index in [1.54, 1.807) is 49.4 Å². The van der Waals surface area contributed by atoms with Crippen LogP contribution in [0.3, 0.4) is 0 Å². The number of carbonyl (C=O) groups excluding carboxylic acids is 2. The molecule has 1 atom stereocenters. The van der Waals surface area contributed by atoms with Crippen LogP contribution in [0.25, 0.3) is 0 Å². The highest BCUT2D eigenvalue weighted by Gasteiger charge is 2.25. The summed E-state index contributed by atoms with van der Waals surface area (Å²) in [6.07, 6.45) is 0.136. The minimum Gasteiger partial charge on any atom is -0.506 e. The number of rotatable bonds is 9. The van der Waals surface area contributed by atoms with Gasteiger partial charge in [0.05, 0.1) is 21.3 Å². The molecular weight excluding hydrogens is 520 g/mol. The quantitative estimate of drug-likeness (QED) is 0.119. The number of sulfonamides is 1. The van der Waals surface area contributed by atoms with Crippen LogP contribution in [0.4, 0.5) is 11.4 Å². The Kier molecular flexibility index (Phi) is 8.87. The zero-order valence-electron chi connectivity index (χ0n) is 19.9. The number of halogens is 1. The SMILES string of the molecule is CCC(NS(=O)(=O)c1ccc(C)cc1)C(=O)Nc1cc(O)c(NC(=O)C(=NO)c2ccccc2)cc1Cl. The number of hydrogen-bond acceptors (Lipinski definition) is 7. The second kappa shape index (κ2) is 11.9. The summed E-state index contributed by atoms with van der Waals surface area (Å²) >= 11 is 6.26. The third-order valence-corrected chi connectivity index (χ3v) is 7.11. The van der Waals surface area contributed by atoms with Gasteiger partial charge in [0.1, 0.15) is 11.8 Å². The van der Waals surface area contributed by atoms with Crippen molar-refractivity contribution in [1.82, 2.24) is 4.72 Å². The number of hydrogen-bond donors (Lipinski definition) is 5. The Bertz CT molecular complexity index is 1430. The number of carbonyl (C=O) groups is 2. The van der Waals surface area contributed by atoms with Crippen molar-refractivity contribution in [3.05, 3.63) is 82.9 Å². The van der Waals surface area contributed by atoms with Gasteiger partial charge in [0.25, 0.3) is 5.91 Å². The van der Waals surface area contributed by atoms with Crippen LogP contribution in [-0.2, 0) is 19.6 Å². The lowest BCUT2D eigenvalue weighted by molar-refractivity contribution is -0.117. The van der Waals surface area contributed by atoms with E-state index in [1.807, 2.05) is 6.92 Å². The van der Waals surface area contributed by atoms with Gasteiger partial charge in [0.2, 0.25) is 15.9 Å². The van der Waals surface area contributed by atoms with Crippen molar-refractivity contribution >= 4 is 50.5 Å². The maximum atomic E-state index is 12.8. The van der Waals surface area contributed by atoms with Crippen molar-refractivity contribution in [2.24, 2.45) is 5.16 Å². The van der Waals surface area contributed by atoms with Gasteiger partial charge < -0.3 is 20.9 Å². The summed E-state index contributed by atoms with van der Waals surface area (Å²) < 4.78 is 27.8. The van der Waals surface area contributed by atoms with Gasteiger partial charge in [-0.2, -0.15) is 4.72 Å². The fourth-order valence-electron chi connectivity index (χ4n) is 3.28. The average molecular weight is 545 g/mol. The highest BCUT2D eigenvalue weighted by atomic mass is 35.5. The van der Waals surface area contributed by atoms with Crippen LogP contribution in [0.5, 0.6) is 5.75 Å². The molecular formula is C25H25ClN4O6S. The number of benzene rings is 3. The summed E-state index contributed by atoms with van der Waals surface area (Å²) in [4.78, 5) is 25.4. The molecule has 0 spiro atoms. The zero-order valence-corrected chi connectivity index (χ0v) is 21.5. The first-order valence-electron chi connectivity index (χ1n) is 11.1. The van der Waals surface area contributed by atoms with E-state index in [4.69, 9.17) is 11.6 Å². The number of phenolic OH excluding ortho intramolecular Hbond substituents is 1. The molecule has 12 heteroatoms. The predicted octanol–water partition coefficient (Wildman–Crippen LogP) is 3.87. The molecule has 3 rings (SSSR count). The second-order valence-corrected chi connectivity index (χ2v) is 10.1. The van der Waals surface area contributed by atoms with Crippen LogP contribution in [0, 0.1) is 6.92 Å². The molecule has 2 amide bonds.